The second-order valence-corrected chi connectivity index (χ2v) is 5.19. The highest BCUT2D eigenvalue weighted by Gasteiger charge is 2.10. The lowest BCUT2D eigenvalue weighted by molar-refractivity contribution is 0.124. The molecule has 0 amide bonds. The summed E-state index contributed by atoms with van der Waals surface area (Å²) in [4.78, 5) is 2.11. The summed E-state index contributed by atoms with van der Waals surface area (Å²) in [6.45, 7) is 1.42. The molecule has 0 radical (unpaired) electrons. The number of hydrogen-bond donors (Lipinski definition) is 1. The van der Waals surface area contributed by atoms with Gasteiger partial charge in [-0.25, -0.2) is 0 Å². The molecule has 0 fully saturated rings. The highest BCUT2D eigenvalue weighted by Crippen LogP contribution is 2.17. The predicted octanol–water partition coefficient (Wildman–Crippen LogP) is 3.51. The molecular weight excluding hydrogens is 258 g/mol. The van der Waals surface area contributed by atoms with Crippen LogP contribution in [0.3, 0.4) is 0 Å². The molecule has 2 aromatic carbocycles. The molecule has 0 spiro atoms. The third-order valence-corrected chi connectivity index (χ3v) is 3.29. The molecule has 0 bridgehead atoms. The second kappa shape index (κ2) is 6.71. The summed E-state index contributed by atoms with van der Waals surface area (Å²) in [7, 11) is 2.01. The number of likely N-dealkylation sites (N-methyl/N-ethyl adjacent to an activating group) is 1. The minimum atomic E-state index is -0.494. The van der Waals surface area contributed by atoms with Gasteiger partial charge in [0.25, 0.3) is 0 Å². The summed E-state index contributed by atoms with van der Waals surface area (Å²) in [6.07, 6.45) is -0.494. The van der Waals surface area contributed by atoms with Gasteiger partial charge in [-0.05, 0) is 30.3 Å². The lowest BCUT2D eigenvalue weighted by atomic mass is 10.1. The Balaban J connectivity index is 1.91. The molecule has 0 aliphatic carbocycles. The monoisotopic (exact) mass is 275 g/mol. The topological polar surface area (TPSA) is 23.5 Å². The average Bonchev–Trinajstić information content (AvgIpc) is 2.40. The van der Waals surface area contributed by atoms with Crippen molar-refractivity contribution >= 4 is 11.6 Å². The largest absolute Gasteiger partial charge is 0.387 e. The van der Waals surface area contributed by atoms with E-state index in [0.717, 1.165) is 12.1 Å². The second-order valence-electron chi connectivity index (χ2n) is 4.75. The third kappa shape index (κ3) is 4.35. The quantitative estimate of drug-likeness (QED) is 0.903. The molecule has 100 valence electrons. The summed E-state index contributed by atoms with van der Waals surface area (Å²) in [5, 5.41) is 10.9. The molecule has 2 aromatic rings. The summed E-state index contributed by atoms with van der Waals surface area (Å²) in [5.41, 5.74) is 2.14. The number of rotatable bonds is 5. The van der Waals surface area contributed by atoms with Crippen molar-refractivity contribution in [1.29, 1.82) is 0 Å². The van der Waals surface area contributed by atoms with Gasteiger partial charge in [0.2, 0.25) is 0 Å². The van der Waals surface area contributed by atoms with Crippen molar-refractivity contribution in [2.24, 2.45) is 0 Å². The van der Waals surface area contributed by atoms with E-state index in [9.17, 15) is 5.11 Å². The zero-order valence-corrected chi connectivity index (χ0v) is 11.7. The van der Waals surface area contributed by atoms with Crippen molar-refractivity contribution in [3.8, 4) is 0 Å². The van der Waals surface area contributed by atoms with E-state index >= 15 is 0 Å². The Morgan fingerprint density at radius 2 is 1.68 bits per heavy atom. The molecule has 3 heteroatoms. The molecule has 19 heavy (non-hydrogen) atoms. The summed E-state index contributed by atoms with van der Waals surface area (Å²) in [6, 6.07) is 17.6. The van der Waals surface area contributed by atoms with E-state index in [1.165, 1.54) is 5.56 Å². The van der Waals surface area contributed by atoms with E-state index < -0.39 is 6.10 Å². The third-order valence-electron chi connectivity index (χ3n) is 3.03. The van der Waals surface area contributed by atoms with E-state index in [0.29, 0.717) is 11.6 Å². The van der Waals surface area contributed by atoms with Gasteiger partial charge in [-0.3, -0.25) is 4.90 Å². The molecule has 0 unspecified atom stereocenters. The first-order valence-corrected chi connectivity index (χ1v) is 6.69. The van der Waals surface area contributed by atoms with Crippen LogP contribution in [0.2, 0.25) is 5.02 Å². The normalized spacial score (nSPS) is 12.6. The van der Waals surface area contributed by atoms with Crippen LogP contribution in [0.15, 0.2) is 54.6 Å². The Bertz CT molecular complexity index is 498. The molecule has 2 nitrogen and oxygen atoms in total. The van der Waals surface area contributed by atoms with Crippen LogP contribution in [0, 0.1) is 0 Å². The fourth-order valence-electron chi connectivity index (χ4n) is 2.05. The maximum absolute atomic E-state index is 10.2. The molecule has 0 aliphatic heterocycles. The van der Waals surface area contributed by atoms with Crippen LogP contribution in [0.25, 0.3) is 0 Å². The van der Waals surface area contributed by atoms with E-state index in [1.54, 1.807) is 12.1 Å². The van der Waals surface area contributed by atoms with Gasteiger partial charge < -0.3 is 5.11 Å². The number of nitrogens with zero attached hydrogens (tertiary/aromatic N) is 1. The Labute approximate surface area is 119 Å². The first-order valence-electron chi connectivity index (χ1n) is 6.31. The van der Waals surface area contributed by atoms with Crippen molar-refractivity contribution in [3.05, 3.63) is 70.7 Å². The summed E-state index contributed by atoms with van der Waals surface area (Å²) >= 11 is 5.84. The van der Waals surface area contributed by atoms with Crippen LogP contribution in [-0.4, -0.2) is 23.6 Å². The number of aliphatic hydroxyl groups is 1. The number of benzene rings is 2. The first-order chi connectivity index (χ1) is 9.15. The smallest absolute Gasteiger partial charge is 0.0916 e. The van der Waals surface area contributed by atoms with Crippen molar-refractivity contribution in [3.63, 3.8) is 0 Å². The van der Waals surface area contributed by atoms with Crippen molar-refractivity contribution < 1.29 is 5.11 Å². The maximum atomic E-state index is 10.2. The molecule has 0 saturated carbocycles. The number of hydrogen-bond acceptors (Lipinski definition) is 2. The van der Waals surface area contributed by atoms with Gasteiger partial charge in [0.15, 0.2) is 0 Å². The fourth-order valence-corrected chi connectivity index (χ4v) is 2.17. The van der Waals surface area contributed by atoms with Gasteiger partial charge in [-0.1, -0.05) is 54.1 Å². The van der Waals surface area contributed by atoms with Gasteiger partial charge in [-0.15, -0.1) is 0 Å². The van der Waals surface area contributed by atoms with Crippen molar-refractivity contribution in [1.82, 2.24) is 4.90 Å². The van der Waals surface area contributed by atoms with Crippen LogP contribution in [0.1, 0.15) is 17.2 Å². The number of aliphatic hydroxyl groups excluding tert-OH is 1. The lowest BCUT2D eigenvalue weighted by Crippen LogP contribution is -2.24. The van der Waals surface area contributed by atoms with Gasteiger partial charge in [0.05, 0.1) is 6.10 Å². The van der Waals surface area contributed by atoms with E-state index in [1.807, 2.05) is 37.4 Å². The molecule has 1 atom stereocenters. The maximum Gasteiger partial charge on any atom is 0.0916 e. The fraction of sp³-hybridized carbons (Fsp3) is 0.250. The van der Waals surface area contributed by atoms with E-state index in [4.69, 9.17) is 11.6 Å². The standard InChI is InChI=1S/C16H18ClNO/c1-18(11-13-5-3-2-4-6-13)12-16(19)14-7-9-15(17)10-8-14/h2-10,16,19H,11-12H2,1H3/t16-/m0/s1. The van der Waals surface area contributed by atoms with Gasteiger partial charge in [0.1, 0.15) is 0 Å². The zero-order valence-electron chi connectivity index (χ0n) is 11.0. The molecule has 0 aromatic heterocycles. The first kappa shape index (κ1) is 14.1. The van der Waals surface area contributed by atoms with Gasteiger partial charge in [-0.2, -0.15) is 0 Å². The Morgan fingerprint density at radius 1 is 1.05 bits per heavy atom. The summed E-state index contributed by atoms with van der Waals surface area (Å²) in [5.74, 6) is 0. The highest BCUT2D eigenvalue weighted by atomic mass is 35.5. The predicted molar refractivity (Wildman–Crippen MR) is 79.2 cm³/mol. The van der Waals surface area contributed by atoms with Crippen LogP contribution >= 0.6 is 11.6 Å². The molecule has 0 heterocycles. The van der Waals surface area contributed by atoms with E-state index in [2.05, 4.69) is 17.0 Å². The molecule has 0 aliphatic rings. The van der Waals surface area contributed by atoms with Crippen LogP contribution < -0.4 is 0 Å². The molecule has 1 N–H and O–H groups in total. The Kier molecular flexibility index (Phi) is 4.97. The highest BCUT2D eigenvalue weighted by molar-refractivity contribution is 6.30. The zero-order chi connectivity index (χ0) is 13.7. The van der Waals surface area contributed by atoms with Gasteiger partial charge in [0, 0.05) is 18.1 Å². The SMILES string of the molecule is CN(Cc1ccccc1)C[C@H](O)c1ccc(Cl)cc1. The van der Waals surface area contributed by atoms with E-state index in [-0.39, 0.29) is 0 Å². The Morgan fingerprint density at radius 3 is 2.32 bits per heavy atom. The molecular formula is C16H18ClNO. The summed E-state index contributed by atoms with van der Waals surface area (Å²) < 4.78 is 0. The minimum Gasteiger partial charge on any atom is -0.387 e. The average molecular weight is 276 g/mol. The molecule has 0 saturated heterocycles. The minimum absolute atomic E-state index is 0.494. The van der Waals surface area contributed by atoms with Gasteiger partial charge >= 0.3 is 0 Å². The van der Waals surface area contributed by atoms with Crippen molar-refractivity contribution in [2.45, 2.75) is 12.6 Å². The Hall–Kier alpha value is -1.35. The lowest BCUT2D eigenvalue weighted by Gasteiger charge is -2.21. The van der Waals surface area contributed by atoms with Crippen LogP contribution in [-0.2, 0) is 6.54 Å². The molecule has 2 rings (SSSR count). The number of halogens is 1. The van der Waals surface area contributed by atoms with Crippen LogP contribution in [0.5, 0.6) is 0 Å². The van der Waals surface area contributed by atoms with Crippen LogP contribution in [0.4, 0.5) is 0 Å². The van der Waals surface area contributed by atoms with Crippen molar-refractivity contribution in [2.75, 3.05) is 13.6 Å².